The van der Waals surface area contributed by atoms with Gasteiger partial charge in [-0.2, -0.15) is 5.10 Å². The van der Waals surface area contributed by atoms with Crippen LogP contribution in [0.15, 0.2) is 24.3 Å². The van der Waals surface area contributed by atoms with E-state index in [1.165, 1.54) is 16.8 Å². The van der Waals surface area contributed by atoms with E-state index in [4.69, 9.17) is 4.74 Å². The molecule has 0 fully saturated rings. The molecule has 6 nitrogen and oxygen atoms in total. The molecule has 0 radical (unpaired) electrons. The lowest BCUT2D eigenvalue weighted by Gasteiger charge is -2.32. The number of hydrogen-bond donors (Lipinski definition) is 0. The van der Waals surface area contributed by atoms with Gasteiger partial charge < -0.3 is 14.5 Å². The second kappa shape index (κ2) is 8.05. The molecule has 1 aromatic carbocycles. The zero-order chi connectivity index (χ0) is 19.7. The van der Waals surface area contributed by atoms with Crippen molar-refractivity contribution in [2.24, 2.45) is 7.05 Å². The highest BCUT2D eigenvalue weighted by Crippen LogP contribution is 2.28. The van der Waals surface area contributed by atoms with Crippen LogP contribution in [-0.2, 0) is 37.6 Å². The van der Waals surface area contributed by atoms with E-state index in [0.29, 0.717) is 18.3 Å². The SMILES string of the molecule is COCCN(C)C1CCc2c(c(C(=O)N3CCc4ccccc4C3)nn2C)C1. The Bertz CT molecular complexity index is 860. The Hall–Kier alpha value is -2.18. The van der Waals surface area contributed by atoms with Crippen molar-refractivity contribution in [1.29, 1.82) is 0 Å². The van der Waals surface area contributed by atoms with Crippen LogP contribution in [0.4, 0.5) is 0 Å². The summed E-state index contributed by atoms with van der Waals surface area (Å²) in [5.74, 6) is 0.0755. The average molecular weight is 383 g/mol. The molecule has 1 aliphatic heterocycles. The summed E-state index contributed by atoms with van der Waals surface area (Å²) in [6.45, 7) is 3.07. The van der Waals surface area contributed by atoms with Gasteiger partial charge in [-0.05, 0) is 43.9 Å². The number of amides is 1. The lowest BCUT2D eigenvalue weighted by atomic mass is 9.90. The molecular formula is C22H30N4O2. The van der Waals surface area contributed by atoms with Crippen LogP contribution < -0.4 is 0 Å². The van der Waals surface area contributed by atoms with Crippen molar-refractivity contribution in [3.8, 4) is 0 Å². The fourth-order valence-electron chi connectivity index (χ4n) is 4.56. The van der Waals surface area contributed by atoms with E-state index in [0.717, 1.165) is 50.9 Å². The first kappa shape index (κ1) is 19.2. The van der Waals surface area contributed by atoms with E-state index in [-0.39, 0.29) is 5.91 Å². The summed E-state index contributed by atoms with van der Waals surface area (Å²) in [5.41, 5.74) is 5.63. The number of hydrogen-bond acceptors (Lipinski definition) is 4. The Morgan fingerprint density at radius 2 is 2.07 bits per heavy atom. The van der Waals surface area contributed by atoms with Crippen LogP contribution >= 0.6 is 0 Å². The van der Waals surface area contributed by atoms with Crippen LogP contribution in [-0.4, -0.2) is 65.4 Å². The summed E-state index contributed by atoms with van der Waals surface area (Å²) >= 11 is 0. The monoisotopic (exact) mass is 382 g/mol. The molecule has 0 bridgehead atoms. The number of carbonyl (C=O) groups excluding carboxylic acids is 1. The molecule has 1 amide bonds. The molecule has 0 spiro atoms. The van der Waals surface area contributed by atoms with Crippen molar-refractivity contribution in [2.45, 2.75) is 38.3 Å². The number of fused-ring (bicyclic) bond motifs is 2. The van der Waals surface area contributed by atoms with Gasteiger partial charge in [0.1, 0.15) is 0 Å². The lowest BCUT2D eigenvalue weighted by molar-refractivity contribution is 0.0725. The highest BCUT2D eigenvalue weighted by Gasteiger charge is 2.32. The Balaban J connectivity index is 1.54. The zero-order valence-corrected chi connectivity index (χ0v) is 17.1. The van der Waals surface area contributed by atoms with E-state index in [1.54, 1.807) is 7.11 Å². The smallest absolute Gasteiger partial charge is 0.274 e. The summed E-state index contributed by atoms with van der Waals surface area (Å²) in [6, 6.07) is 8.85. The Kier molecular flexibility index (Phi) is 5.51. The Labute approximate surface area is 167 Å². The summed E-state index contributed by atoms with van der Waals surface area (Å²) in [4.78, 5) is 17.7. The maximum absolute atomic E-state index is 13.4. The third kappa shape index (κ3) is 3.59. The predicted octanol–water partition coefficient (Wildman–Crippen LogP) is 2.05. The number of aromatic nitrogens is 2. The molecular weight excluding hydrogens is 352 g/mol. The van der Waals surface area contributed by atoms with E-state index in [9.17, 15) is 4.79 Å². The predicted molar refractivity (Wildman–Crippen MR) is 108 cm³/mol. The maximum atomic E-state index is 13.4. The molecule has 1 aliphatic carbocycles. The number of ether oxygens (including phenoxy) is 1. The van der Waals surface area contributed by atoms with Gasteiger partial charge in [0.25, 0.3) is 5.91 Å². The average Bonchev–Trinajstić information content (AvgIpc) is 3.07. The third-order valence-electron chi connectivity index (χ3n) is 6.32. The van der Waals surface area contributed by atoms with E-state index in [1.807, 2.05) is 16.6 Å². The van der Waals surface area contributed by atoms with Crippen LogP contribution in [0, 0.1) is 0 Å². The number of rotatable bonds is 5. The second-order valence-electron chi connectivity index (χ2n) is 8.01. The number of nitrogens with zero attached hydrogens (tertiary/aromatic N) is 4. The number of aryl methyl sites for hydroxylation is 1. The topological polar surface area (TPSA) is 50.6 Å². The van der Waals surface area contributed by atoms with Gasteiger partial charge in [0.15, 0.2) is 5.69 Å². The molecule has 150 valence electrons. The fourth-order valence-corrected chi connectivity index (χ4v) is 4.56. The number of methoxy groups -OCH3 is 1. The summed E-state index contributed by atoms with van der Waals surface area (Å²) < 4.78 is 7.15. The summed E-state index contributed by atoms with van der Waals surface area (Å²) in [7, 11) is 5.85. The van der Waals surface area contributed by atoms with Crippen LogP contribution in [0.1, 0.15) is 39.3 Å². The largest absolute Gasteiger partial charge is 0.383 e. The van der Waals surface area contributed by atoms with Crippen LogP contribution in [0.25, 0.3) is 0 Å². The minimum atomic E-state index is 0.0755. The van der Waals surface area contributed by atoms with Gasteiger partial charge in [0.2, 0.25) is 0 Å². The molecule has 4 rings (SSSR count). The minimum Gasteiger partial charge on any atom is -0.383 e. The molecule has 2 aliphatic rings. The van der Waals surface area contributed by atoms with Crippen molar-refractivity contribution in [3.63, 3.8) is 0 Å². The Morgan fingerprint density at radius 1 is 1.29 bits per heavy atom. The van der Waals surface area contributed by atoms with Gasteiger partial charge in [-0.3, -0.25) is 9.48 Å². The van der Waals surface area contributed by atoms with E-state index < -0.39 is 0 Å². The molecule has 2 aromatic rings. The molecule has 0 saturated carbocycles. The molecule has 1 atom stereocenters. The van der Waals surface area contributed by atoms with Gasteiger partial charge in [-0.1, -0.05) is 24.3 Å². The van der Waals surface area contributed by atoms with Gasteiger partial charge in [0, 0.05) is 51.1 Å². The van der Waals surface area contributed by atoms with Crippen molar-refractivity contribution in [2.75, 3.05) is 33.9 Å². The number of benzene rings is 1. The number of carbonyl (C=O) groups is 1. The highest BCUT2D eigenvalue weighted by atomic mass is 16.5. The number of likely N-dealkylation sites (N-methyl/N-ethyl adjacent to an activating group) is 1. The minimum absolute atomic E-state index is 0.0755. The quantitative estimate of drug-likeness (QED) is 0.794. The van der Waals surface area contributed by atoms with Gasteiger partial charge in [-0.25, -0.2) is 0 Å². The first-order valence-corrected chi connectivity index (χ1v) is 10.2. The molecule has 6 heteroatoms. The molecule has 1 unspecified atom stereocenters. The van der Waals surface area contributed by atoms with Gasteiger partial charge in [0.05, 0.1) is 6.61 Å². The molecule has 28 heavy (non-hydrogen) atoms. The zero-order valence-electron chi connectivity index (χ0n) is 17.1. The molecule has 0 saturated heterocycles. The van der Waals surface area contributed by atoms with Crippen molar-refractivity contribution in [1.82, 2.24) is 19.6 Å². The molecule has 1 aromatic heterocycles. The van der Waals surface area contributed by atoms with Crippen molar-refractivity contribution in [3.05, 3.63) is 52.3 Å². The first-order valence-electron chi connectivity index (χ1n) is 10.2. The summed E-state index contributed by atoms with van der Waals surface area (Å²) in [5, 5.41) is 4.66. The van der Waals surface area contributed by atoms with Crippen LogP contribution in [0.2, 0.25) is 0 Å². The first-order chi connectivity index (χ1) is 13.6. The Morgan fingerprint density at radius 3 is 2.86 bits per heavy atom. The van der Waals surface area contributed by atoms with Gasteiger partial charge in [-0.15, -0.1) is 0 Å². The van der Waals surface area contributed by atoms with Crippen molar-refractivity contribution >= 4 is 5.91 Å². The van der Waals surface area contributed by atoms with Crippen LogP contribution in [0.5, 0.6) is 0 Å². The van der Waals surface area contributed by atoms with E-state index >= 15 is 0 Å². The third-order valence-corrected chi connectivity index (χ3v) is 6.32. The highest BCUT2D eigenvalue weighted by molar-refractivity contribution is 5.94. The molecule has 2 heterocycles. The second-order valence-corrected chi connectivity index (χ2v) is 8.01. The summed E-state index contributed by atoms with van der Waals surface area (Å²) in [6.07, 6.45) is 3.86. The van der Waals surface area contributed by atoms with Gasteiger partial charge >= 0.3 is 0 Å². The van der Waals surface area contributed by atoms with Crippen molar-refractivity contribution < 1.29 is 9.53 Å². The molecule has 0 N–H and O–H groups in total. The lowest BCUT2D eigenvalue weighted by Crippen LogP contribution is -2.40. The fraction of sp³-hybridized carbons (Fsp3) is 0.545. The normalized spacial score (nSPS) is 18.9. The standard InChI is InChI=1S/C22H30N4O2/c1-24(12-13-28-3)18-8-9-20-19(14-18)21(23-25(20)2)22(27)26-11-10-16-6-4-5-7-17(16)15-26/h4-7,18H,8-15H2,1-3H3. The maximum Gasteiger partial charge on any atom is 0.274 e. The van der Waals surface area contributed by atoms with E-state index in [2.05, 4.69) is 41.3 Å². The van der Waals surface area contributed by atoms with Crippen LogP contribution in [0.3, 0.4) is 0 Å².